The van der Waals surface area contributed by atoms with E-state index in [1.807, 2.05) is 6.92 Å². The van der Waals surface area contributed by atoms with E-state index in [4.69, 9.17) is 14.2 Å². The molecule has 0 radical (unpaired) electrons. The average molecular weight is 434 g/mol. The highest BCUT2D eigenvalue weighted by Gasteiger charge is 2.31. The molecular formula is C27H35N3O2. The lowest BCUT2D eigenvalue weighted by molar-refractivity contribution is 0.220. The monoisotopic (exact) mass is 433 g/mol. The van der Waals surface area contributed by atoms with Crippen molar-refractivity contribution in [2.24, 2.45) is 12.5 Å². The molecule has 0 N–H and O–H groups in total. The largest absolute Gasteiger partial charge is 0.499 e. The third kappa shape index (κ3) is 4.38. The Morgan fingerprint density at radius 2 is 1.97 bits per heavy atom. The van der Waals surface area contributed by atoms with Gasteiger partial charge in [0.25, 0.3) is 5.89 Å². The molecular weight excluding hydrogens is 398 g/mol. The smallest absolute Gasteiger partial charge is 0.260 e. The molecule has 0 spiro atoms. The lowest BCUT2D eigenvalue weighted by atomic mass is 9.76. The maximum absolute atomic E-state index is 5.75. The summed E-state index contributed by atoms with van der Waals surface area (Å²) in [6.45, 7) is 15.6. The van der Waals surface area contributed by atoms with Gasteiger partial charge in [0, 0.05) is 30.9 Å². The molecule has 0 bridgehead atoms. The van der Waals surface area contributed by atoms with Gasteiger partial charge in [-0.25, -0.2) is 0 Å². The van der Waals surface area contributed by atoms with Gasteiger partial charge in [-0.1, -0.05) is 25.6 Å². The van der Waals surface area contributed by atoms with Gasteiger partial charge in [-0.3, -0.25) is 0 Å². The first-order valence-corrected chi connectivity index (χ1v) is 11.6. The average Bonchev–Trinajstić information content (AvgIpc) is 3.32. The molecule has 1 aliphatic rings. The fraction of sp³-hybridized carbons (Fsp3) is 0.481. The highest BCUT2D eigenvalue weighted by atomic mass is 16.5. The summed E-state index contributed by atoms with van der Waals surface area (Å²) in [4.78, 5) is 4.79. The molecule has 2 heterocycles. The molecule has 32 heavy (non-hydrogen) atoms. The zero-order valence-corrected chi connectivity index (χ0v) is 20.3. The SMILES string of the molecule is C=C(CCc1c(C)cc(-c2noc(-c3cn(C)c4c3CCC(C)(C)C4)n2)cc1C)OCC. The van der Waals surface area contributed by atoms with E-state index in [-0.39, 0.29) is 0 Å². The third-order valence-electron chi connectivity index (χ3n) is 6.73. The molecule has 0 saturated heterocycles. The van der Waals surface area contributed by atoms with Gasteiger partial charge in [0.05, 0.1) is 17.9 Å². The Morgan fingerprint density at radius 3 is 2.66 bits per heavy atom. The van der Waals surface area contributed by atoms with Gasteiger partial charge < -0.3 is 13.8 Å². The van der Waals surface area contributed by atoms with Crippen molar-refractivity contribution >= 4 is 0 Å². The molecule has 170 valence electrons. The van der Waals surface area contributed by atoms with Crippen LogP contribution in [-0.2, 0) is 31.0 Å². The van der Waals surface area contributed by atoms with Crippen molar-refractivity contribution < 1.29 is 9.26 Å². The summed E-state index contributed by atoms with van der Waals surface area (Å²) in [5.74, 6) is 2.10. The van der Waals surface area contributed by atoms with E-state index in [2.05, 4.69) is 69.4 Å². The summed E-state index contributed by atoms with van der Waals surface area (Å²) in [5.41, 5.74) is 8.95. The number of ether oxygens (including phenoxy) is 1. The number of fused-ring (bicyclic) bond motifs is 1. The van der Waals surface area contributed by atoms with E-state index < -0.39 is 0 Å². The van der Waals surface area contributed by atoms with Crippen LogP contribution in [-0.4, -0.2) is 21.3 Å². The summed E-state index contributed by atoms with van der Waals surface area (Å²) < 4.78 is 13.5. The first-order valence-electron chi connectivity index (χ1n) is 11.6. The van der Waals surface area contributed by atoms with Crippen molar-refractivity contribution in [2.45, 2.75) is 66.7 Å². The van der Waals surface area contributed by atoms with Crippen LogP contribution >= 0.6 is 0 Å². The Bertz CT molecular complexity index is 1130. The Labute approximate surface area is 191 Å². The number of aromatic nitrogens is 3. The number of benzene rings is 1. The molecule has 0 fully saturated rings. The highest BCUT2D eigenvalue weighted by molar-refractivity contribution is 5.65. The molecule has 0 unspecified atom stereocenters. The topological polar surface area (TPSA) is 53.1 Å². The number of aryl methyl sites for hydroxylation is 3. The van der Waals surface area contributed by atoms with Gasteiger partial charge in [0.1, 0.15) is 0 Å². The Morgan fingerprint density at radius 1 is 1.25 bits per heavy atom. The molecule has 5 nitrogen and oxygen atoms in total. The Kier molecular flexibility index (Phi) is 6.02. The predicted molar refractivity (Wildman–Crippen MR) is 129 cm³/mol. The van der Waals surface area contributed by atoms with Crippen molar-refractivity contribution in [3.8, 4) is 22.8 Å². The van der Waals surface area contributed by atoms with Gasteiger partial charge in [-0.15, -0.1) is 0 Å². The molecule has 0 amide bonds. The van der Waals surface area contributed by atoms with Crippen LogP contribution in [0.2, 0.25) is 0 Å². The second kappa shape index (κ2) is 8.61. The van der Waals surface area contributed by atoms with Crippen molar-refractivity contribution in [2.75, 3.05) is 6.61 Å². The van der Waals surface area contributed by atoms with Crippen LogP contribution in [0.5, 0.6) is 0 Å². The molecule has 0 aliphatic heterocycles. The predicted octanol–water partition coefficient (Wildman–Crippen LogP) is 6.36. The van der Waals surface area contributed by atoms with Gasteiger partial charge in [0.2, 0.25) is 5.82 Å². The third-order valence-corrected chi connectivity index (χ3v) is 6.73. The molecule has 4 rings (SSSR count). The summed E-state index contributed by atoms with van der Waals surface area (Å²) in [7, 11) is 2.12. The van der Waals surface area contributed by atoms with E-state index in [9.17, 15) is 0 Å². The van der Waals surface area contributed by atoms with E-state index in [0.29, 0.717) is 23.7 Å². The van der Waals surface area contributed by atoms with Crippen LogP contribution in [0.4, 0.5) is 0 Å². The van der Waals surface area contributed by atoms with Crippen molar-refractivity contribution in [1.29, 1.82) is 0 Å². The molecule has 1 aromatic carbocycles. The van der Waals surface area contributed by atoms with Crippen LogP contribution < -0.4 is 0 Å². The Hall–Kier alpha value is -2.82. The van der Waals surface area contributed by atoms with Gasteiger partial charge >= 0.3 is 0 Å². The fourth-order valence-electron chi connectivity index (χ4n) is 4.93. The van der Waals surface area contributed by atoms with E-state index in [1.54, 1.807) is 0 Å². The first kappa shape index (κ1) is 22.4. The summed E-state index contributed by atoms with van der Waals surface area (Å²) in [6, 6.07) is 4.31. The van der Waals surface area contributed by atoms with E-state index in [1.165, 1.54) is 34.4 Å². The van der Waals surface area contributed by atoms with E-state index in [0.717, 1.165) is 42.6 Å². The number of allylic oxidation sites excluding steroid dienone is 1. The maximum Gasteiger partial charge on any atom is 0.260 e. The number of nitrogens with zero attached hydrogens (tertiary/aromatic N) is 3. The van der Waals surface area contributed by atoms with Gasteiger partial charge in [0.15, 0.2) is 0 Å². The number of rotatable bonds is 7. The van der Waals surface area contributed by atoms with Crippen LogP contribution in [0.3, 0.4) is 0 Å². The molecule has 0 saturated carbocycles. The number of hydrogen-bond acceptors (Lipinski definition) is 4. The molecule has 0 atom stereocenters. The molecule has 5 heteroatoms. The zero-order chi connectivity index (χ0) is 23.0. The maximum atomic E-state index is 5.75. The van der Waals surface area contributed by atoms with Crippen molar-refractivity contribution in [3.63, 3.8) is 0 Å². The van der Waals surface area contributed by atoms with Gasteiger partial charge in [-0.05, 0) is 86.3 Å². The summed E-state index contributed by atoms with van der Waals surface area (Å²) in [5, 5.41) is 4.33. The summed E-state index contributed by atoms with van der Waals surface area (Å²) >= 11 is 0. The standard InChI is InChI=1S/C27H35N3O2/c1-8-31-19(4)9-10-21-17(2)13-20(14-18(21)3)25-28-26(32-29-25)23-16-30(7)24-15-27(5,6)12-11-22(23)24/h13-14,16H,4,8-12,15H2,1-3,5-7H3. The summed E-state index contributed by atoms with van der Waals surface area (Å²) in [6.07, 6.45) is 7.20. The molecule has 3 aromatic rings. The van der Waals surface area contributed by atoms with Crippen molar-refractivity contribution in [1.82, 2.24) is 14.7 Å². The highest BCUT2D eigenvalue weighted by Crippen LogP contribution is 2.40. The van der Waals surface area contributed by atoms with Crippen LogP contribution in [0.1, 0.15) is 61.6 Å². The minimum atomic E-state index is 0.336. The Balaban J connectivity index is 1.59. The van der Waals surface area contributed by atoms with Crippen molar-refractivity contribution in [3.05, 3.63) is 58.6 Å². The quantitative estimate of drug-likeness (QED) is 0.407. The second-order valence-electron chi connectivity index (χ2n) is 9.90. The molecule has 1 aliphatic carbocycles. The fourth-order valence-corrected chi connectivity index (χ4v) is 4.93. The normalized spacial score (nSPS) is 14.9. The lowest BCUT2D eigenvalue weighted by Crippen LogP contribution is -2.23. The van der Waals surface area contributed by atoms with Crippen LogP contribution in [0.15, 0.2) is 35.2 Å². The minimum absolute atomic E-state index is 0.336. The minimum Gasteiger partial charge on any atom is -0.499 e. The zero-order valence-electron chi connectivity index (χ0n) is 20.3. The van der Waals surface area contributed by atoms with Gasteiger partial charge in [-0.2, -0.15) is 4.98 Å². The van der Waals surface area contributed by atoms with Crippen LogP contribution in [0.25, 0.3) is 22.8 Å². The molecule has 2 aromatic heterocycles. The number of hydrogen-bond donors (Lipinski definition) is 0. The second-order valence-corrected chi connectivity index (χ2v) is 9.90. The first-order chi connectivity index (χ1) is 15.2. The lowest BCUT2D eigenvalue weighted by Gasteiger charge is -2.30. The van der Waals surface area contributed by atoms with Crippen LogP contribution in [0, 0.1) is 19.3 Å². The van der Waals surface area contributed by atoms with E-state index >= 15 is 0 Å².